The SMILES string of the molecule is Cc1cc(=O)[nH]c2cc(N3C(=O)[C@@H]4[C@@H]5C=C[C@@H]([C@@H]6C=C[C@@H]65)[C@@H]4C3=O)ccc12. The summed E-state index contributed by atoms with van der Waals surface area (Å²) in [7, 11) is 0. The monoisotopic (exact) mass is 358 g/mol. The van der Waals surface area contributed by atoms with Crippen LogP contribution in [-0.4, -0.2) is 16.8 Å². The first kappa shape index (κ1) is 15.1. The van der Waals surface area contributed by atoms with Gasteiger partial charge in [0, 0.05) is 11.5 Å². The lowest BCUT2D eigenvalue weighted by atomic mass is 9.50. The van der Waals surface area contributed by atoms with Gasteiger partial charge in [0.25, 0.3) is 0 Å². The van der Waals surface area contributed by atoms with Crippen LogP contribution in [0.2, 0.25) is 0 Å². The number of allylic oxidation sites excluding steroid dienone is 4. The number of benzene rings is 1. The molecule has 6 atom stereocenters. The normalized spacial score (nSPS) is 35.5. The van der Waals surface area contributed by atoms with Gasteiger partial charge in [-0.3, -0.25) is 14.4 Å². The van der Waals surface area contributed by atoms with E-state index in [4.69, 9.17) is 0 Å². The van der Waals surface area contributed by atoms with Gasteiger partial charge in [-0.25, -0.2) is 4.90 Å². The van der Waals surface area contributed by atoms with E-state index in [0.29, 0.717) is 23.0 Å². The molecule has 1 N–H and O–H groups in total. The van der Waals surface area contributed by atoms with Crippen molar-refractivity contribution in [3.8, 4) is 0 Å². The molecule has 1 saturated carbocycles. The fourth-order valence-corrected chi connectivity index (χ4v) is 5.71. The molecule has 2 heterocycles. The van der Waals surface area contributed by atoms with Gasteiger partial charge in [0.15, 0.2) is 0 Å². The van der Waals surface area contributed by atoms with Gasteiger partial charge in [0.05, 0.1) is 23.0 Å². The van der Waals surface area contributed by atoms with Crippen molar-refractivity contribution in [3.63, 3.8) is 0 Å². The van der Waals surface area contributed by atoms with E-state index in [-0.39, 0.29) is 41.0 Å². The number of nitrogens with one attached hydrogen (secondary N) is 1. The van der Waals surface area contributed by atoms with Crippen LogP contribution in [0, 0.1) is 42.4 Å². The zero-order valence-corrected chi connectivity index (χ0v) is 14.8. The summed E-state index contributed by atoms with van der Waals surface area (Å²) in [4.78, 5) is 42.5. The van der Waals surface area contributed by atoms with Gasteiger partial charge in [0.1, 0.15) is 0 Å². The third kappa shape index (κ3) is 1.77. The van der Waals surface area contributed by atoms with Crippen molar-refractivity contribution in [2.45, 2.75) is 6.92 Å². The van der Waals surface area contributed by atoms with Gasteiger partial charge in [-0.15, -0.1) is 0 Å². The Morgan fingerprint density at radius 3 is 2.00 bits per heavy atom. The van der Waals surface area contributed by atoms with Gasteiger partial charge in [-0.2, -0.15) is 0 Å². The number of fused-ring (bicyclic) bond motifs is 1. The number of carbonyl (C=O) groups is 2. The molecule has 2 amide bonds. The Hall–Kier alpha value is -2.95. The number of imide groups is 1. The Morgan fingerprint density at radius 2 is 1.41 bits per heavy atom. The predicted octanol–water partition coefficient (Wildman–Crippen LogP) is 2.56. The predicted molar refractivity (Wildman–Crippen MR) is 101 cm³/mol. The number of amides is 2. The zero-order valence-electron chi connectivity index (χ0n) is 14.8. The molecule has 7 rings (SSSR count). The van der Waals surface area contributed by atoms with Crippen LogP contribution in [0.1, 0.15) is 5.56 Å². The highest BCUT2D eigenvalue weighted by Crippen LogP contribution is 2.59. The number of aromatic amines is 1. The highest BCUT2D eigenvalue weighted by Gasteiger charge is 2.62. The molecular formula is C22H18N2O3. The molecule has 0 unspecified atom stereocenters. The molecule has 0 radical (unpaired) electrons. The number of aryl methyl sites for hydroxylation is 1. The smallest absolute Gasteiger partial charge is 0.248 e. The average Bonchev–Trinajstić information content (AvgIpc) is 2.86. The molecule has 2 fully saturated rings. The Balaban J connectivity index is 1.46. The van der Waals surface area contributed by atoms with Crippen LogP contribution >= 0.6 is 0 Å². The van der Waals surface area contributed by atoms with E-state index in [2.05, 4.69) is 29.3 Å². The number of carbonyl (C=O) groups excluding carboxylic acids is 2. The second-order valence-corrected chi connectivity index (χ2v) is 8.19. The summed E-state index contributed by atoms with van der Waals surface area (Å²) in [5, 5.41) is 0.916. The minimum atomic E-state index is -0.258. The number of hydrogen-bond acceptors (Lipinski definition) is 3. The van der Waals surface area contributed by atoms with Crippen molar-refractivity contribution >= 4 is 28.4 Å². The summed E-state index contributed by atoms with van der Waals surface area (Å²) >= 11 is 0. The Morgan fingerprint density at radius 1 is 0.815 bits per heavy atom. The van der Waals surface area contributed by atoms with E-state index in [9.17, 15) is 14.4 Å². The van der Waals surface area contributed by atoms with E-state index >= 15 is 0 Å². The lowest BCUT2D eigenvalue weighted by Crippen LogP contribution is -2.50. The summed E-state index contributed by atoms with van der Waals surface area (Å²) < 4.78 is 0. The largest absolute Gasteiger partial charge is 0.322 e. The quantitative estimate of drug-likeness (QED) is 0.629. The van der Waals surface area contributed by atoms with Crippen molar-refractivity contribution in [1.82, 2.24) is 4.98 Å². The van der Waals surface area contributed by atoms with Gasteiger partial charge >= 0.3 is 0 Å². The molecule has 2 aromatic rings. The number of nitrogens with zero attached hydrogens (tertiary/aromatic N) is 1. The summed E-state index contributed by atoms with van der Waals surface area (Å²) in [6.07, 6.45) is 8.66. The number of anilines is 1. The molecule has 27 heavy (non-hydrogen) atoms. The molecule has 4 aliphatic carbocycles. The van der Waals surface area contributed by atoms with Crippen molar-refractivity contribution in [3.05, 3.63) is 64.5 Å². The third-order valence-electron chi connectivity index (χ3n) is 6.96. The highest BCUT2D eigenvalue weighted by molar-refractivity contribution is 6.23. The first-order valence-corrected chi connectivity index (χ1v) is 9.43. The van der Waals surface area contributed by atoms with Crippen LogP contribution in [-0.2, 0) is 9.59 Å². The topological polar surface area (TPSA) is 70.2 Å². The van der Waals surface area contributed by atoms with Crippen LogP contribution in [0.3, 0.4) is 0 Å². The fourth-order valence-electron chi connectivity index (χ4n) is 5.71. The van der Waals surface area contributed by atoms with E-state index < -0.39 is 0 Å². The molecule has 1 saturated heterocycles. The molecule has 5 heteroatoms. The zero-order chi connectivity index (χ0) is 18.4. The maximum absolute atomic E-state index is 13.3. The standard InChI is InChI=1S/C22H18N2O3/c1-10-8-18(25)23-17-9-11(2-3-12(10)17)24-21(26)19-15-6-7-16(20(19)22(24)27)14-5-4-13(14)15/h2-9,13-16,19-20H,1H3,(H,23,25)/t13-,14+,15+,16-,19+,20-. The van der Waals surface area contributed by atoms with Crippen LogP contribution in [0.4, 0.5) is 5.69 Å². The number of pyridine rings is 1. The van der Waals surface area contributed by atoms with Crippen molar-refractivity contribution < 1.29 is 9.59 Å². The van der Waals surface area contributed by atoms with E-state index in [1.54, 1.807) is 12.1 Å². The van der Waals surface area contributed by atoms with Gasteiger partial charge in [-0.1, -0.05) is 30.4 Å². The Kier molecular flexibility index (Phi) is 2.72. The Labute approximate surface area is 155 Å². The molecule has 5 nitrogen and oxygen atoms in total. The average molecular weight is 358 g/mol. The molecule has 2 bridgehead atoms. The molecule has 5 aliphatic rings. The molecule has 134 valence electrons. The molecule has 1 aromatic carbocycles. The summed E-state index contributed by atoms with van der Waals surface area (Å²) in [5.74, 6) is 0.326. The Bertz CT molecular complexity index is 1120. The van der Waals surface area contributed by atoms with Crippen molar-refractivity contribution in [1.29, 1.82) is 0 Å². The molecular weight excluding hydrogens is 340 g/mol. The van der Waals surface area contributed by atoms with Gasteiger partial charge in [-0.05, 0) is 48.3 Å². The third-order valence-corrected chi connectivity index (χ3v) is 6.96. The highest BCUT2D eigenvalue weighted by atomic mass is 16.2. The lowest BCUT2D eigenvalue weighted by molar-refractivity contribution is -0.127. The number of rotatable bonds is 1. The van der Waals surface area contributed by atoms with Gasteiger partial charge in [0.2, 0.25) is 17.4 Å². The minimum Gasteiger partial charge on any atom is -0.322 e. The first-order chi connectivity index (χ1) is 13.0. The summed E-state index contributed by atoms with van der Waals surface area (Å²) in [6.45, 7) is 1.88. The summed E-state index contributed by atoms with van der Waals surface area (Å²) in [6, 6.07) is 6.98. The second kappa shape index (κ2) is 4.85. The maximum Gasteiger partial charge on any atom is 0.248 e. The maximum atomic E-state index is 13.3. The van der Waals surface area contributed by atoms with Gasteiger partial charge < -0.3 is 4.98 Å². The number of hydrogen-bond donors (Lipinski definition) is 1. The van der Waals surface area contributed by atoms with Crippen LogP contribution in [0.15, 0.2) is 53.4 Å². The lowest BCUT2D eigenvalue weighted by Gasteiger charge is -2.51. The fraction of sp³-hybridized carbons (Fsp3) is 0.318. The number of aromatic nitrogens is 1. The van der Waals surface area contributed by atoms with E-state index in [0.717, 1.165) is 10.9 Å². The van der Waals surface area contributed by atoms with Crippen LogP contribution < -0.4 is 10.5 Å². The first-order valence-electron chi connectivity index (χ1n) is 9.43. The van der Waals surface area contributed by atoms with Crippen molar-refractivity contribution in [2.75, 3.05) is 4.90 Å². The molecule has 1 aliphatic heterocycles. The van der Waals surface area contributed by atoms with E-state index in [1.807, 2.05) is 19.1 Å². The molecule has 0 spiro atoms. The van der Waals surface area contributed by atoms with Crippen LogP contribution in [0.5, 0.6) is 0 Å². The minimum absolute atomic E-state index is 0.0996. The number of H-pyrrole nitrogens is 1. The van der Waals surface area contributed by atoms with Crippen LogP contribution in [0.25, 0.3) is 10.9 Å². The van der Waals surface area contributed by atoms with Crippen molar-refractivity contribution in [2.24, 2.45) is 35.5 Å². The van der Waals surface area contributed by atoms with E-state index in [1.165, 1.54) is 4.90 Å². The summed E-state index contributed by atoms with van der Waals surface area (Å²) in [5.41, 5.74) is 1.89. The second-order valence-electron chi connectivity index (χ2n) is 8.19. The molecule has 1 aromatic heterocycles.